The molecule has 0 saturated carbocycles. The average molecular weight is 408 g/mol. The van der Waals surface area contributed by atoms with Crippen LogP contribution in [0.5, 0.6) is 11.5 Å². The summed E-state index contributed by atoms with van der Waals surface area (Å²) in [6.07, 6.45) is 2.92. The van der Waals surface area contributed by atoms with Gasteiger partial charge in [-0.15, -0.1) is 11.3 Å². The smallest absolute Gasteiger partial charge is 0.353 e. The SMILES string of the molecule is COc1cc(/C=C(\C#N)C(=O)NCc2ccco2)ccc1OC(=O)c1cccs1. The molecule has 1 N–H and O–H groups in total. The lowest BCUT2D eigenvalue weighted by Crippen LogP contribution is -2.23. The Bertz CT molecular complexity index is 1060. The molecule has 2 heterocycles. The van der Waals surface area contributed by atoms with Crippen LogP contribution in [0.4, 0.5) is 0 Å². The van der Waals surface area contributed by atoms with Crippen molar-refractivity contribution >= 4 is 29.3 Å². The summed E-state index contributed by atoms with van der Waals surface area (Å²) in [5.41, 5.74) is 0.462. The molecule has 146 valence electrons. The molecule has 8 heteroatoms. The van der Waals surface area contributed by atoms with Gasteiger partial charge in [0.1, 0.15) is 22.3 Å². The maximum absolute atomic E-state index is 12.2. The Morgan fingerprint density at radius 2 is 2.10 bits per heavy atom. The van der Waals surface area contributed by atoms with Gasteiger partial charge in [0, 0.05) is 0 Å². The minimum Gasteiger partial charge on any atom is -0.493 e. The van der Waals surface area contributed by atoms with Crippen molar-refractivity contribution in [3.8, 4) is 17.6 Å². The van der Waals surface area contributed by atoms with Crippen molar-refractivity contribution in [3.05, 3.63) is 75.9 Å². The maximum Gasteiger partial charge on any atom is 0.353 e. The summed E-state index contributed by atoms with van der Waals surface area (Å²) in [7, 11) is 1.44. The summed E-state index contributed by atoms with van der Waals surface area (Å²) >= 11 is 1.27. The van der Waals surface area contributed by atoms with Gasteiger partial charge in [-0.25, -0.2) is 4.79 Å². The highest BCUT2D eigenvalue weighted by Gasteiger charge is 2.15. The Kier molecular flexibility index (Phi) is 6.45. The molecule has 1 amide bonds. The molecule has 3 aromatic rings. The third kappa shape index (κ3) is 5.12. The van der Waals surface area contributed by atoms with Crippen molar-refractivity contribution in [2.24, 2.45) is 0 Å². The molecule has 0 aliphatic rings. The molecule has 0 aliphatic carbocycles. The molecule has 0 saturated heterocycles. The molecule has 0 bridgehead atoms. The molecule has 3 rings (SSSR count). The van der Waals surface area contributed by atoms with Gasteiger partial charge in [0.25, 0.3) is 5.91 Å². The van der Waals surface area contributed by atoms with E-state index >= 15 is 0 Å². The normalized spacial score (nSPS) is 10.8. The quantitative estimate of drug-likeness (QED) is 0.276. The van der Waals surface area contributed by atoms with Crippen LogP contribution in [0.2, 0.25) is 0 Å². The average Bonchev–Trinajstić information content (AvgIpc) is 3.45. The van der Waals surface area contributed by atoms with Gasteiger partial charge in [0.15, 0.2) is 11.5 Å². The first-order chi connectivity index (χ1) is 14.1. The minimum atomic E-state index is -0.531. The lowest BCUT2D eigenvalue weighted by molar-refractivity contribution is -0.117. The van der Waals surface area contributed by atoms with Crippen LogP contribution in [0.3, 0.4) is 0 Å². The van der Waals surface area contributed by atoms with Gasteiger partial charge < -0.3 is 19.2 Å². The fraction of sp³-hybridized carbons (Fsp3) is 0.0952. The monoisotopic (exact) mass is 408 g/mol. The van der Waals surface area contributed by atoms with E-state index < -0.39 is 11.9 Å². The van der Waals surface area contributed by atoms with Crippen molar-refractivity contribution in [2.75, 3.05) is 7.11 Å². The standard InChI is InChI=1S/C21H16N2O5S/c1-26-18-11-14(6-7-17(18)28-21(25)19-5-3-9-29-19)10-15(12-22)20(24)23-13-16-4-2-8-27-16/h2-11H,13H2,1H3,(H,23,24)/b15-10+. The largest absolute Gasteiger partial charge is 0.493 e. The molecular formula is C21H16N2O5S. The highest BCUT2D eigenvalue weighted by Crippen LogP contribution is 2.30. The number of carbonyl (C=O) groups is 2. The van der Waals surface area contributed by atoms with Crippen molar-refractivity contribution < 1.29 is 23.5 Å². The Hall–Kier alpha value is -3.83. The molecule has 0 fully saturated rings. The Morgan fingerprint density at radius 3 is 2.76 bits per heavy atom. The number of hydrogen-bond donors (Lipinski definition) is 1. The molecule has 0 unspecified atom stereocenters. The van der Waals surface area contributed by atoms with E-state index in [1.165, 1.54) is 30.8 Å². The third-order valence-corrected chi connectivity index (χ3v) is 4.64. The zero-order valence-corrected chi connectivity index (χ0v) is 16.2. The van der Waals surface area contributed by atoms with Gasteiger partial charge in [-0.3, -0.25) is 4.79 Å². The number of ether oxygens (including phenoxy) is 2. The summed E-state index contributed by atoms with van der Waals surface area (Å²) in [6, 6.07) is 13.5. The third-order valence-electron chi connectivity index (χ3n) is 3.79. The van der Waals surface area contributed by atoms with Crippen molar-refractivity contribution in [1.82, 2.24) is 5.32 Å². The zero-order valence-electron chi connectivity index (χ0n) is 15.4. The van der Waals surface area contributed by atoms with Gasteiger partial charge in [-0.05, 0) is 47.4 Å². The van der Waals surface area contributed by atoms with E-state index in [0.717, 1.165) is 0 Å². The lowest BCUT2D eigenvalue weighted by Gasteiger charge is -2.09. The molecule has 0 aliphatic heterocycles. The first-order valence-corrected chi connectivity index (χ1v) is 9.34. The van der Waals surface area contributed by atoms with Crippen LogP contribution in [0.1, 0.15) is 21.0 Å². The number of benzene rings is 1. The number of rotatable bonds is 7. The topological polar surface area (TPSA) is 102 Å². The fourth-order valence-corrected chi connectivity index (χ4v) is 2.99. The van der Waals surface area contributed by atoms with Crippen molar-refractivity contribution in [1.29, 1.82) is 5.26 Å². The van der Waals surface area contributed by atoms with Crippen LogP contribution >= 0.6 is 11.3 Å². The van der Waals surface area contributed by atoms with Crippen molar-refractivity contribution in [3.63, 3.8) is 0 Å². The minimum absolute atomic E-state index is 0.0815. The number of nitriles is 1. The molecule has 29 heavy (non-hydrogen) atoms. The van der Waals surface area contributed by atoms with E-state index in [1.54, 1.807) is 47.8 Å². The predicted molar refractivity (Wildman–Crippen MR) is 106 cm³/mol. The van der Waals surface area contributed by atoms with E-state index in [9.17, 15) is 14.9 Å². The van der Waals surface area contributed by atoms with Crippen LogP contribution in [-0.4, -0.2) is 19.0 Å². The summed E-state index contributed by atoms with van der Waals surface area (Å²) < 4.78 is 15.8. The Balaban J connectivity index is 1.74. The van der Waals surface area contributed by atoms with Gasteiger partial charge in [-0.1, -0.05) is 12.1 Å². The number of amides is 1. The van der Waals surface area contributed by atoms with Gasteiger partial charge >= 0.3 is 5.97 Å². The molecule has 0 radical (unpaired) electrons. The van der Waals surface area contributed by atoms with Crippen LogP contribution in [-0.2, 0) is 11.3 Å². The summed E-state index contributed by atoms with van der Waals surface area (Å²) in [4.78, 5) is 24.8. The lowest BCUT2D eigenvalue weighted by atomic mass is 10.1. The highest BCUT2D eigenvalue weighted by molar-refractivity contribution is 7.12. The second-order valence-electron chi connectivity index (χ2n) is 5.71. The number of nitrogens with one attached hydrogen (secondary N) is 1. The second kappa shape index (κ2) is 9.39. The first kappa shape index (κ1) is 19.9. The van der Waals surface area contributed by atoms with E-state index in [1.807, 2.05) is 6.07 Å². The van der Waals surface area contributed by atoms with Crippen LogP contribution in [0.15, 0.2) is 64.1 Å². The number of hydrogen-bond acceptors (Lipinski definition) is 7. The second-order valence-corrected chi connectivity index (χ2v) is 6.66. The number of furan rings is 1. The number of esters is 1. The van der Waals surface area contributed by atoms with E-state index in [4.69, 9.17) is 13.9 Å². The zero-order chi connectivity index (χ0) is 20.6. The number of carbonyl (C=O) groups excluding carboxylic acids is 2. The Morgan fingerprint density at radius 1 is 1.24 bits per heavy atom. The predicted octanol–water partition coefficient (Wildman–Crippen LogP) is 3.79. The van der Waals surface area contributed by atoms with E-state index in [2.05, 4.69) is 5.32 Å². The fourth-order valence-electron chi connectivity index (χ4n) is 2.39. The van der Waals surface area contributed by atoms with E-state index in [0.29, 0.717) is 22.0 Å². The summed E-state index contributed by atoms with van der Waals surface area (Å²) in [5, 5.41) is 13.7. The number of thiophene rings is 1. The Labute approximate surface area is 170 Å². The van der Waals surface area contributed by atoms with Crippen LogP contribution in [0, 0.1) is 11.3 Å². The van der Waals surface area contributed by atoms with Gasteiger partial charge in [-0.2, -0.15) is 5.26 Å². The first-order valence-electron chi connectivity index (χ1n) is 8.47. The molecule has 7 nitrogen and oxygen atoms in total. The van der Waals surface area contributed by atoms with Crippen LogP contribution < -0.4 is 14.8 Å². The molecule has 0 spiro atoms. The van der Waals surface area contributed by atoms with E-state index in [-0.39, 0.29) is 17.9 Å². The molecule has 0 atom stereocenters. The van der Waals surface area contributed by atoms with Gasteiger partial charge in [0.05, 0.1) is 19.9 Å². The van der Waals surface area contributed by atoms with Crippen molar-refractivity contribution in [2.45, 2.75) is 6.54 Å². The number of nitrogens with zero attached hydrogens (tertiary/aromatic N) is 1. The molecule has 2 aromatic heterocycles. The summed E-state index contributed by atoms with van der Waals surface area (Å²) in [5.74, 6) is 0.0997. The van der Waals surface area contributed by atoms with Crippen LogP contribution in [0.25, 0.3) is 6.08 Å². The highest BCUT2D eigenvalue weighted by atomic mass is 32.1. The molecular weight excluding hydrogens is 392 g/mol. The number of methoxy groups -OCH3 is 1. The summed E-state index contributed by atoms with van der Waals surface area (Å²) in [6.45, 7) is 0.172. The van der Waals surface area contributed by atoms with Gasteiger partial charge in [0.2, 0.25) is 0 Å². The molecule has 1 aromatic carbocycles. The maximum atomic E-state index is 12.2.